The Balaban J connectivity index is 2.30. The van der Waals surface area contributed by atoms with E-state index in [1.54, 1.807) is 0 Å². The van der Waals surface area contributed by atoms with Crippen LogP contribution in [-0.2, 0) is 0 Å². The van der Waals surface area contributed by atoms with Gasteiger partial charge in [-0.25, -0.2) is 0 Å². The topological polar surface area (TPSA) is 38.0 Å². The number of hydrogen-bond acceptors (Lipinski definition) is 2. The molecule has 0 unspecified atom stereocenters. The van der Waals surface area contributed by atoms with Crippen LogP contribution in [0.15, 0.2) is 0 Å². The van der Waals surface area contributed by atoms with E-state index >= 15 is 0 Å². The molecule has 2 atom stereocenters. The van der Waals surface area contributed by atoms with Gasteiger partial charge in [0.15, 0.2) is 0 Å². The summed E-state index contributed by atoms with van der Waals surface area (Å²) in [6.07, 6.45) is 5.34. The Kier molecular flexibility index (Phi) is 2.49. The van der Waals surface area contributed by atoms with Crippen molar-refractivity contribution in [3.05, 3.63) is 0 Å². The molecule has 0 heterocycles. The molecule has 0 aromatic rings. The number of hydrogen-bond donors (Lipinski definition) is 2. The van der Waals surface area contributed by atoms with Gasteiger partial charge in [-0.1, -0.05) is 19.8 Å². The summed E-state index contributed by atoms with van der Waals surface area (Å²) in [5, 5.41) is 0. The van der Waals surface area contributed by atoms with Crippen molar-refractivity contribution in [2.45, 2.75) is 38.6 Å². The number of hydrazine groups is 1. The van der Waals surface area contributed by atoms with Crippen molar-refractivity contribution in [1.29, 1.82) is 0 Å². The van der Waals surface area contributed by atoms with E-state index < -0.39 is 0 Å². The first-order valence-electron chi connectivity index (χ1n) is 3.80. The molecule has 1 aliphatic rings. The molecule has 0 aromatic carbocycles. The molecule has 1 saturated carbocycles. The van der Waals surface area contributed by atoms with Crippen molar-refractivity contribution in [2.75, 3.05) is 0 Å². The van der Waals surface area contributed by atoms with E-state index in [-0.39, 0.29) is 0 Å². The summed E-state index contributed by atoms with van der Waals surface area (Å²) in [5.74, 6) is 6.12. The second-order valence-corrected chi connectivity index (χ2v) is 3.03. The molecule has 9 heavy (non-hydrogen) atoms. The zero-order chi connectivity index (χ0) is 6.69. The molecular formula is C7H16N2. The lowest BCUT2D eigenvalue weighted by atomic mass is 9.86. The molecule has 0 amide bonds. The van der Waals surface area contributed by atoms with Crippen LogP contribution in [-0.4, -0.2) is 6.04 Å². The standard InChI is InChI=1S/C7H16N2/c1-6-4-2-3-5-7(6)9-8/h6-7,9H,2-5,8H2,1H3/t6-,7+/m1/s1. The third kappa shape index (κ3) is 1.66. The van der Waals surface area contributed by atoms with E-state index in [1.807, 2.05) is 0 Å². The number of nitrogens with two attached hydrogens (primary N) is 1. The Morgan fingerprint density at radius 1 is 1.33 bits per heavy atom. The van der Waals surface area contributed by atoms with Gasteiger partial charge in [0.2, 0.25) is 0 Å². The summed E-state index contributed by atoms with van der Waals surface area (Å²) in [7, 11) is 0. The molecule has 54 valence electrons. The Morgan fingerprint density at radius 2 is 2.00 bits per heavy atom. The van der Waals surface area contributed by atoms with E-state index in [1.165, 1.54) is 25.7 Å². The fourth-order valence-electron chi connectivity index (χ4n) is 1.56. The Labute approximate surface area is 56.8 Å². The molecule has 3 N–H and O–H groups in total. The van der Waals surface area contributed by atoms with Crippen LogP contribution in [0.25, 0.3) is 0 Å². The summed E-state index contributed by atoms with van der Waals surface area (Å²) in [5.41, 5.74) is 2.85. The monoisotopic (exact) mass is 128 g/mol. The van der Waals surface area contributed by atoms with Gasteiger partial charge in [-0.15, -0.1) is 0 Å². The molecule has 1 fully saturated rings. The smallest absolute Gasteiger partial charge is 0.0236 e. The van der Waals surface area contributed by atoms with Crippen LogP contribution in [0.5, 0.6) is 0 Å². The minimum absolute atomic E-state index is 0.582. The molecule has 2 nitrogen and oxygen atoms in total. The highest BCUT2D eigenvalue weighted by Crippen LogP contribution is 2.22. The average molecular weight is 128 g/mol. The lowest BCUT2D eigenvalue weighted by Crippen LogP contribution is -2.41. The first-order valence-corrected chi connectivity index (χ1v) is 3.80. The summed E-state index contributed by atoms with van der Waals surface area (Å²) in [6.45, 7) is 2.27. The van der Waals surface area contributed by atoms with Gasteiger partial charge in [0.25, 0.3) is 0 Å². The molecule has 0 aliphatic heterocycles. The second-order valence-electron chi connectivity index (χ2n) is 3.03. The molecule has 0 spiro atoms. The maximum absolute atomic E-state index is 5.34. The molecule has 0 aromatic heterocycles. The fraction of sp³-hybridized carbons (Fsp3) is 1.00. The van der Waals surface area contributed by atoms with E-state index in [4.69, 9.17) is 5.84 Å². The van der Waals surface area contributed by atoms with Crippen molar-refractivity contribution in [3.8, 4) is 0 Å². The van der Waals surface area contributed by atoms with Crippen molar-refractivity contribution in [2.24, 2.45) is 11.8 Å². The highest BCUT2D eigenvalue weighted by Gasteiger charge is 2.18. The number of nitrogens with one attached hydrogen (secondary N) is 1. The van der Waals surface area contributed by atoms with Crippen molar-refractivity contribution >= 4 is 0 Å². The lowest BCUT2D eigenvalue weighted by molar-refractivity contribution is 0.284. The molecular weight excluding hydrogens is 112 g/mol. The van der Waals surface area contributed by atoms with Crippen LogP contribution in [0, 0.1) is 5.92 Å². The maximum Gasteiger partial charge on any atom is 0.0236 e. The first kappa shape index (κ1) is 7.03. The fourth-order valence-corrected chi connectivity index (χ4v) is 1.56. The minimum atomic E-state index is 0.582. The summed E-state index contributed by atoms with van der Waals surface area (Å²) in [4.78, 5) is 0. The minimum Gasteiger partial charge on any atom is -0.271 e. The van der Waals surface area contributed by atoms with Gasteiger partial charge >= 0.3 is 0 Å². The maximum atomic E-state index is 5.34. The van der Waals surface area contributed by atoms with E-state index in [9.17, 15) is 0 Å². The van der Waals surface area contributed by atoms with Crippen LogP contribution in [0.4, 0.5) is 0 Å². The highest BCUT2D eigenvalue weighted by atomic mass is 15.2. The Hall–Kier alpha value is -0.0800. The molecule has 2 heteroatoms. The summed E-state index contributed by atoms with van der Waals surface area (Å²) < 4.78 is 0. The molecule has 1 aliphatic carbocycles. The van der Waals surface area contributed by atoms with Crippen LogP contribution < -0.4 is 11.3 Å². The van der Waals surface area contributed by atoms with Gasteiger partial charge < -0.3 is 0 Å². The largest absolute Gasteiger partial charge is 0.271 e. The Morgan fingerprint density at radius 3 is 2.44 bits per heavy atom. The van der Waals surface area contributed by atoms with Crippen LogP contribution in [0.1, 0.15) is 32.6 Å². The van der Waals surface area contributed by atoms with Crippen LogP contribution in [0.2, 0.25) is 0 Å². The molecule has 1 rings (SSSR count). The van der Waals surface area contributed by atoms with E-state index in [0.717, 1.165) is 5.92 Å². The first-order chi connectivity index (χ1) is 4.34. The lowest BCUT2D eigenvalue weighted by Gasteiger charge is -2.27. The van der Waals surface area contributed by atoms with Crippen LogP contribution in [0.3, 0.4) is 0 Å². The normalized spacial score (nSPS) is 36.7. The van der Waals surface area contributed by atoms with Gasteiger partial charge in [-0.05, 0) is 18.8 Å². The second kappa shape index (κ2) is 3.18. The van der Waals surface area contributed by atoms with Crippen molar-refractivity contribution < 1.29 is 0 Å². The zero-order valence-electron chi connectivity index (χ0n) is 6.06. The highest BCUT2D eigenvalue weighted by molar-refractivity contribution is 4.75. The third-order valence-corrected chi connectivity index (χ3v) is 2.33. The third-order valence-electron chi connectivity index (χ3n) is 2.33. The number of rotatable bonds is 1. The van der Waals surface area contributed by atoms with Crippen molar-refractivity contribution in [3.63, 3.8) is 0 Å². The zero-order valence-corrected chi connectivity index (χ0v) is 6.06. The average Bonchev–Trinajstić information content (AvgIpc) is 1.89. The van der Waals surface area contributed by atoms with E-state index in [0.29, 0.717) is 6.04 Å². The molecule has 0 saturated heterocycles. The van der Waals surface area contributed by atoms with Gasteiger partial charge in [0.1, 0.15) is 0 Å². The van der Waals surface area contributed by atoms with Gasteiger partial charge in [0.05, 0.1) is 0 Å². The molecule has 0 radical (unpaired) electrons. The van der Waals surface area contributed by atoms with Gasteiger partial charge in [-0.3, -0.25) is 11.3 Å². The van der Waals surface area contributed by atoms with Crippen LogP contribution >= 0.6 is 0 Å². The van der Waals surface area contributed by atoms with E-state index in [2.05, 4.69) is 12.3 Å². The Bertz CT molecular complexity index is 83.0. The van der Waals surface area contributed by atoms with Crippen molar-refractivity contribution in [1.82, 2.24) is 5.43 Å². The van der Waals surface area contributed by atoms with Gasteiger partial charge in [0, 0.05) is 6.04 Å². The molecule has 0 bridgehead atoms. The quantitative estimate of drug-likeness (QED) is 0.409. The van der Waals surface area contributed by atoms with Gasteiger partial charge in [-0.2, -0.15) is 0 Å². The predicted octanol–water partition coefficient (Wildman–Crippen LogP) is 1.03. The summed E-state index contributed by atoms with van der Waals surface area (Å²) >= 11 is 0. The predicted molar refractivity (Wildman–Crippen MR) is 38.7 cm³/mol. The summed E-state index contributed by atoms with van der Waals surface area (Å²) in [6, 6.07) is 0.582. The SMILES string of the molecule is C[C@@H]1CCCC[C@@H]1NN.